The van der Waals surface area contributed by atoms with Gasteiger partial charge in [0.05, 0.1) is 0 Å². The molecule has 0 aliphatic carbocycles. The van der Waals surface area contributed by atoms with Crippen molar-refractivity contribution < 1.29 is 4.79 Å². The molecule has 0 fully saturated rings. The summed E-state index contributed by atoms with van der Waals surface area (Å²) in [5, 5.41) is 2.08. The second-order valence-corrected chi connectivity index (χ2v) is 6.56. The molecule has 0 aliphatic rings. The fourth-order valence-electron chi connectivity index (χ4n) is 2.24. The summed E-state index contributed by atoms with van der Waals surface area (Å²) in [5.74, 6) is 0.0625. The van der Waals surface area contributed by atoms with Crippen molar-refractivity contribution in [3.05, 3.63) is 79.8 Å². The number of fused-ring (bicyclic) bond motifs is 1. The Kier molecular flexibility index (Phi) is 3.89. The molecule has 3 rings (SSSR count). The van der Waals surface area contributed by atoms with Crippen LogP contribution in [0.4, 0.5) is 0 Å². The molecule has 0 aliphatic heterocycles. The molecule has 0 bridgehead atoms. The van der Waals surface area contributed by atoms with Crippen LogP contribution in [0.2, 0.25) is 0 Å². The number of carbonyl (C=O) groups excluding carboxylic acids is 1. The molecular formula is C17H10BrIO. The van der Waals surface area contributed by atoms with E-state index in [1.165, 1.54) is 0 Å². The van der Waals surface area contributed by atoms with Gasteiger partial charge in [0.1, 0.15) is 0 Å². The maximum Gasteiger partial charge on any atom is 0.194 e. The molecule has 3 aromatic rings. The molecule has 0 saturated carbocycles. The Labute approximate surface area is 139 Å². The SMILES string of the molecule is O=C(c1cc(Br)ccc1I)c1cccc2ccccc12. The molecule has 0 N–H and O–H groups in total. The third kappa shape index (κ3) is 2.52. The van der Waals surface area contributed by atoms with E-state index in [2.05, 4.69) is 38.5 Å². The first kappa shape index (κ1) is 13.8. The Morgan fingerprint density at radius 2 is 1.65 bits per heavy atom. The van der Waals surface area contributed by atoms with Crippen molar-refractivity contribution in [3.8, 4) is 0 Å². The molecule has 3 aromatic carbocycles. The predicted octanol–water partition coefficient (Wildman–Crippen LogP) is 5.44. The zero-order chi connectivity index (χ0) is 14.1. The van der Waals surface area contributed by atoms with Gasteiger partial charge in [-0.25, -0.2) is 0 Å². The first-order valence-electron chi connectivity index (χ1n) is 6.14. The first-order valence-corrected chi connectivity index (χ1v) is 8.01. The molecule has 98 valence electrons. The van der Waals surface area contributed by atoms with Crippen LogP contribution >= 0.6 is 38.5 Å². The minimum atomic E-state index is 0.0625. The van der Waals surface area contributed by atoms with Crippen LogP contribution < -0.4 is 0 Å². The van der Waals surface area contributed by atoms with Crippen LogP contribution in [0.3, 0.4) is 0 Å². The lowest BCUT2D eigenvalue weighted by Crippen LogP contribution is -2.04. The van der Waals surface area contributed by atoms with Gasteiger partial charge >= 0.3 is 0 Å². The predicted molar refractivity (Wildman–Crippen MR) is 94.2 cm³/mol. The summed E-state index contributed by atoms with van der Waals surface area (Å²) < 4.78 is 1.88. The van der Waals surface area contributed by atoms with Gasteiger partial charge in [0.25, 0.3) is 0 Å². The highest BCUT2D eigenvalue weighted by Crippen LogP contribution is 2.25. The average molecular weight is 437 g/mol. The summed E-state index contributed by atoms with van der Waals surface area (Å²) >= 11 is 5.63. The summed E-state index contributed by atoms with van der Waals surface area (Å²) in [6.45, 7) is 0. The second-order valence-electron chi connectivity index (χ2n) is 4.48. The molecule has 0 amide bonds. The van der Waals surface area contributed by atoms with Crippen LogP contribution in [-0.2, 0) is 0 Å². The summed E-state index contributed by atoms with van der Waals surface area (Å²) in [6.07, 6.45) is 0. The van der Waals surface area contributed by atoms with Crippen LogP contribution in [0.5, 0.6) is 0 Å². The Hall–Kier alpha value is -1.20. The van der Waals surface area contributed by atoms with E-state index in [1.54, 1.807) is 0 Å². The largest absolute Gasteiger partial charge is 0.289 e. The van der Waals surface area contributed by atoms with E-state index < -0.39 is 0 Å². The molecule has 1 nitrogen and oxygen atoms in total. The van der Waals surface area contributed by atoms with Gasteiger partial charge in [-0.3, -0.25) is 4.79 Å². The first-order chi connectivity index (χ1) is 9.66. The topological polar surface area (TPSA) is 17.1 Å². The van der Waals surface area contributed by atoms with Gasteiger partial charge in [-0.15, -0.1) is 0 Å². The fourth-order valence-corrected chi connectivity index (χ4v) is 3.18. The average Bonchev–Trinajstić information content (AvgIpc) is 2.48. The van der Waals surface area contributed by atoms with Gasteiger partial charge in [-0.05, 0) is 51.6 Å². The van der Waals surface area contributed by atoms with Crippen molar-refractivity contribution in [2.24, 2.45) is 0 Å². The maximum atomic E-state index is 12.8. The van der Waals surface area contributed by atoms with E-state index >= 15 is 0 Å². The fraction of sp³-hybridized carbons (Fsp3) is 0. The van der Waals surface area contributed by atoms with Crippen LogP contribution in [0, 0.1) is 3.57 Å². The molecule has 0 aromatic heterocycles. The molecule has 0 saturated heterocycles. The number of hydrogen-bond donors (Lipinski definition) is 0. The highest BCUT2D eigenvalue weighted by molar-refractivity contribution is 14.1. The zero-order valence-corrected chi connectivity index (χ0v) is 14.2. The maximum absolute atomic E-state index is 12.8. The van der Waals surface area contributed by atoms with Gasteiger partial charge < -0.3 is 0 Å². The van der Waals surface area contributed by atoms with Crippen molar-refractivity contribution in [1.29, 1.82) is 0 Å². The van der Waals surface area contributed by atoms with Crippen LogP contribution in [0.1, 0.15) is 15.9 Å². The molecule has 0 spiro atoms. The van der Waals surface area contributed by atoms with Crippen LogP contribution in [-0.4, -0.2) is 5.78 Å². The molecular weight excluding hydrogens is 427 g/mol. The number of ketones is 1. The quantitative estimate of drug-likeness (QED) is 0.386. The number of halogens is 2. The van der Waals surface area contributed by atoms with E-state index in [1.807, 2.05) is 60.7 Å². The number of carbonyl (C=O) groups is 1. The van der Waals surface area contributed by atoms with Crippen molar-refractivity contribution in [3.63, 3.8) is 0 Å². The number of hydrogen-bond acceptors (Lipinski definition) is 1. The van der Waals surface area contributed by atoms with Gasteiger partial charge in [0, 0.05) is 19.2 Å². The van der Waals surface area contributed by atoms with Gasteiger partial charge in [-0.2, -0.15) is 0 Å². The second kappa shape index (κ2) is 5.66. The van der Waals surface area contributed by atoms with Crippen molar-refractivity contribution >= 4 is 55.1 Å². The summed E-state index contributed by atoms with van der Waals surface area (Å²) in [7, 11) is 0. The van der Waals surface area contributed by atoms with Gasteiger partial charge in [0.2, 0.25) is 0 Å². The highest BCUT2D eigenvalue weighted by atomic mass is 127. The van der Waals surface area contributed by atoms with E-state index in [-0.39, 0.29) is 5.78 Å². The molecule has 3 heteroatoms. The number of rotatable bonds is 2. The van der Waals surface area contributed by atoms with Crippen molar-refractivity contribution in [1.82, 2.24) is 0 Å². The van der Waals surface area contributed by atoms with E-state index in [9.17, 15) is 4.79 Å². The monoisotopic (exact) mass is 436 g/mol. The molecule has 20 heavy (non-hydrogen) atoms. The molecule has 0 radical (unpaired) electrons. The van der Waals surface area contributed by atoms with E-state index in [0.29, 0.717) is 0 Å². The minimum Gasteiger partial charge on any atom is -0.289 e. The summed E-state index contributed by atoms with van der Waals surface area (Å²) in [4.78, 5) is 12.8. The van der Waals surface area contributed by atoms with Crippen LogP contribution in [0.15, 0.2) is 65.1 Å². The minimum absolute atomic E-state index is 0.0625. The lowest BCUT2D eigenvalue weighted by Gasteiger charge is -2.08. The molecule has 0 heterocycles. The highest BCUT2D eigenvalue weighted by Gasteiger charge is 2.15. The Morgan fingerprint density at radius 3 is 2.50 bits per heavy atom. The third-order valence-electron chi connectivity index (χ3n) is 3.21. The third-order valence-corrected chi connectivity index (χ3v) is 4.64. The van der Waals surface area contributed by atoms with E-state index in [0.717, 1.165) is 29.9 Å². The molecule has 0 atom stereocenters. The Morgan fingerprint density at radius 1 is 0.900 bits per heavy atom. The van der Waals surface area contributed by atoms with Gasteiger partial charge in [0.15, 0.2) is 5.78 Å². The van der Waals surface area contributed by atoms with Crippen LogP contribution in [0.25, 0.3) is 10.8 Å². The Bertz CT molecular complexity index is 806. The number of benzene rings is 3. The summed E-state index contributed by atoms with van der Waals surface area (Å²) in [6, 6.07) is 19.6. The van der Waals surface area contributed by atoms with Crippen molar-refractivity contribution in [2.75, 3.05) is 0 Å². The standard InChI is InChI=1S/C17H10BrIO/c18-12-8-9-16(19)15(10-12)17(20)14-7-3-5-11-4-1-2-6-13(11)14/h1-10H. The van der Waals surface area contributed by atoms with Gasteiger partial charge in [-0.1, -0.05) is 58.4 Å². The lowest BCUT2D eigenvalue weighted by molar-refractivity contribution is 0.103. The zero-order valence-electron chi connectivity index (χ0n) is 10.4. The molecule has 0 unspecified atom stereocenters. The van der Waals surface area contributed by atoms with E-state index in [4.69, 9.17) is 0 Å². The normalized spacial score (nSPS) is 10.7. The smallest absolute Gasteiger partial charge is 0.194 e. The van der Waals surface area contributed by atoms with Crippen molar-refractivity contribution in [2.45, 2.75) is 0 Å². The lowest BCUT2D eigenvalue weighted by atomic mass is 9.97. The summed E-state index contributed by atoms with van der Waals surface area (Å²) in [5.41, 5.74) is 1.48. The Balaban J connectivity index is 2.20.